The summed E-state index contributed by atoms with van der Waals surface area (Å²) in [5.74, 6) is 5.12. The fraction of sp³-hybridized carbons (Fsp3) is 0.935. The minimum atomic E-state index is -0.332. The van der Waals surface area contributed by atoms with E-state index in [0.29, 0.717) is 30.4 Å². The van der Waals surface area contributed by atoms with Gasteiger partial charge < -0.3 is 15.2 Å². The minimum absolute atomic E-state index is 0.104. The predicted molar refractivity (Wildman–Crippen MR) is 212 cm³/mol. The van der Waals surface area contributed by atoms with Gasteiger partial charge in [0.05, 0.1) is 12.7 Å². The van der Waals surface area contributed by atoms with Crippen LogP contribution in [-0.2, 0) is 14.3 Å². The zero-order valence-corrected chi connectivity index (χ0v) is 34.1. The van der Waals surface area contributed by atoms with Crippen LogP contribution in [0.3, 0.4) is 0 Å². The highest BCUT2D eigenvalue weighted by molar-refractivity contribution is 5.69. The Bertz CT molecular complexity index is 1010. The molecule has 4 heteroatoms. The lowest BCUT2D eigenvalue weighted by atomic mass is 9.47. The summed E-state index contributed by atoms with van der Waals surface area (Å²) in [5.41, 5.74) is 8.60. The van der Waals surface area contributed by atoms with E-state index >= 15 is 0 Å². The number of unbranched alkanes of at least 4 members (excludes halogenated alkanes) is 12. The van der Waals surface area contributed by atoms with Gasteiger partial charge in [0, 0.05) is 13.0 Å². The molecule has 9 atom stereocenters. The number of esters is 1. The summed E-state index contributed by atoms with van der Waals surface area (Å²) >= 11 is 0. The molecule has 4 aliphatic rings. The molecule has 0 aromatic heterocycles. The second-order valence-corrected chi connectivity index (χ2v) is 18.8. The summed E-state index contributed by atoms with van der Waals surface area (Å²) in [4.78, 5) is 12.6. The van der Waals surface area contributed by atoms with E-state index in [4.69, 9.17) is 15.2 Å². The van der Waals surface area contributed by atoms with Gasteiger partial charge in [-0.15, -0.1) is 0 Å². The smallest absolute Gasteiger partial charge is 0.306 e. The maximum atomic E-state index is 12.6. The summed E-state index contributed by atoms with van der Waals surface area (Å²) in [6.07, 6.45) is 34.7. The first kappa shape index (κ1) is 41.9. The Morgan fingerprint density at radius 1 is 0.820 bits per heavy atom. The van der Waals surface area contributed by atoms with Gasteiger partial charge in [-0.25, -0.2) is 0 Å². The van der Waals surface area contributed by atoms with Gasteiger partial charge in [-0.05, 0) is 104 Å². The molecule has 0 heterocycles. The number of ether oxygens (including phenoxy) is 2. The van der Waals surface area contributed by atoms with Crippen molar-refractivity contribution in [3.63, 3.8) is 0 Å². The molecule has 4 aliphatic carbocycles. The Hall–Kier alpha value is -0.870. The van der Waals surface area contributed by atoms with Crippen LogP contribution >= 0.6 is 0 Å². The van der Waals surface area contributed by atoms with Gasteiger partial charge in [-0.3, -0.25) is 4.79 Å². The molecule has 1 unspecified atom stereocenters. The van der Waals surface area contributed by atoms with Crippen molar-refractivity contribution in [2.45, 2.75) is 214 Å². The molecule has 4 nitrogen and oxygen atoms in total. The summed E-state index contributed by atoms with van der Waals surface area (Å²) in [7, 11) is 0. The van der Waals surface area contributed by atoms with Crippen LogP contribution in [0.25, 0.3) is 0 Å². The van der Waals surface area contributed by atoms with Gasteiger partial charge in [0.15, 0.2) is 0 Å². The average molecular weight is 698 g/mol. The SMILES string of the molecule is CCCCCCCCCCCCCCCC(=O)OC(CN)CO[C@H]1CC[C@@]2(C)C(=CC[C@H]3[C@@H]4CC[C@H]([C@H](C)CCCC(C)C)[C@@]4(C)CC[C@@H]32)C1. The van der Waals surface area contributed by atoms with Crippen LogP contribution in [0, 0.1) is 46.3 Å². The maximum Gasteiger partial charge on any atom is 0.306 e. The number of hydrogen-bond acceptors (Lipinski definition) is 4. The molecule has 0 radical (unpaired) electrons. The predicted octanol–water partition coefficient (Wildman–Crippen LogP) is 12.8. The lowest BCUT2D eigenvalue weighted by molar-refractivity contribution is -0.153. The third-order valence-electron chi connectivity index (χ3n) is 14.8. The van der Waals surface area contributed by atoms with Crippen LogP contribution in [0.1, 0.15) is 202 Å². The summed E-state index contributed by atoms with van der Waals surface area (Å²) in [6.45, 7) is 15.7. The molecule has 0 bridgehead atoms. The average Bonchev–Trinajstić information content (AvgIpc) is 3.45. The Labute approximate surface area is 310 Å². The topological polar surface area (TPSA) is 61.5 Å². The zero-order chi connectivity index (χ0) is 36.0. The van der Waals surface area contributed by atoms with Crippen LogP contribution in [-0.4, -0.2) is 31.3 Å². The first-order valence-corrected chi connectivity index (χ1v) is 22.3. The van der Waals surface area contributed by atoms with E-state index in [1.807, 2.05) is 0 Å². The van der Waals surface area contributed by atoms with Crippen molar-refractivity contribution >= 4 is 5.97 Å². The molecule has 0 aromatic rings. The Kier molecular flexibility index (Phi) is 17.7. The Balaban J connectivity index is 1.13. The molecule has 50 heavy (non-hydrogen) atoms. The molecule has 3 saturated carbocycles. The molecule has 4 rings (SSSR count). The van der Waals surface area contributed by atoms with E-state index in [-0.39, 0.29) is 18.2 Å². The molecular weight excluding hydrogens is 615 g/mol. The molecule has 2 N–H and O–H groups in total. The van der Waals surface area contributed by atoms with Crippen molar-refractivity contribution in [1.29, 1.82) is 0 Å². The molecular formula is C46H83NO3. The largest absolute Gasteiger partial charge is 0.459 e. The van der Waals surface area contributed by atoms with Crippen molar-refractivity contribution in [2.24, 2.45) is 52.1 Å². The van der Waals surface area contributed by atoms with Gasteiger partial charge in [-0.2, -0.15) is 0 Å². The highest BCUT2D eigenvalue weighted by Crippen LogP contribution is 2.67. The number of allylic oxidation sites excluding steroid dienone is 1. The van der Waals surface area contributed by atoms with E-state index < -0.39 is 0 Å². The van der Waals surface area contributed by atoms with E-state index in [1.54, 1.807) is 5.57 Å². The summed E-state index contributed by atoms with van der Waals surface area (Å²) in [6, 6.07) is 0. The van der Waals surface area contributed by atoms with Gasteiger partial charge in [0.2, 0.25) is 0 Å². The number of carbonyl (C=O) groups excluding carboxylic acids is 1. The lowest BCUT2D eigenvalue weighted by Gasteiger charge is -2.58. The van der Waals surface area contributed by atoms with Crippen molar-refractivity contribution in [3.05, 3.63) is 11.6 Å². The van der Waals surface area contributed by atoms with Gasteiger partial charge in [0.25, 0.3) is 0 Å². The molecule has 290 valence electrons. The highest BCUT2D eigenvalue weighted by atomic mass is 16.6. The third kappa shape index (κ3) is 11.6. The number of carbonyl (C=O) groups is 1. The van der Waals surface area contributed by atoms with Crippen LogP contribution in [0.4, 0.5) is 0 Å². The fourth-order valence-corrected chi connectivity index (χ4v) is 11.7. The normalized spacial score (nSPS) is 31.8. The van der Waals surface area contributed by atoms with E-state index in [1.165, 1.54) is 128 Å². The molecule has 0 saturated heterocycles. The number of hydrogen-bond donors (Lipinski definition) is 1. The molecule has 0 amide bonds. The van der Waals surface area contributed by atoms with Crippen LogP contribution < -0.4 is 5.73 Å². The third-order valence-corrected chi connectivity index (χ3v) is 14.8. The van der Waals surface area contributed by atoms with Crippen LogP contribution in [0.15, 0.2) is 11.6 Å². The second-order valence-electron chi connectivity index (χ2n) is 18.8. The van der Waals surface area contributed by atoms with E-state index in [0.717, 1.165) is 61.2 Å². The molecule has 0 spiro atoms. The van der Waals surface area contributed by atoms with Crippen molar-refractivity contribution in [2.75, 3.05) is 13.2 Å². The van der Waals surface area contributed by atoms with Gasteiger partial charge in [0.1, 0.15) is 6.10 Å². The Morgan fingerprint density at radius 3 is 2.12 bits per heavy atom. The zero-order valence-electron chi connectivity index (χ0n) is 34.1. The summed E-state index contributed by atoms with van der Waals surface area (Å²) in [5, 5.41) is 0. The fourth-order valence-electron chi connectivity index (χ4n) is 11.7. The van der Waals surface area contributed by atoms with Crippen LogP contribution in [0.5, 0.6) is 0 Å². The maximum absolute atomic E-state index is 12.6. The van der Waals surface area contributed by atoms with E-state index in [2.05, 4.69) is 47.6 Å². The quantitative estimate of drug-likeness (QED) is 0.0619. The first-order chi connectivity index (χ1) is 24.1. The standard InChI is InChI=1S/C46H83NO3/c1-7-8-9-10-11-12-13-14-15-16-17-18-19-23-44(48)50-39(33-47)34-49-38-28-30-45(5)37(32-38)24-25-40-42-27-26-41(36(4)22-20-21-35(2)3)46(42,6)31-29-43(40)45/h24,35-36,38-43H,7-23,25-34,47H2,1-6H3/t36-,38+,39?,40+,41-,42+,43+,45+,46-/m1/s1. The van der Waals surface area contributed by atoms with Crippen molar-refractivity contribution in [1.82, 2.24) is 0 Å². The van der Waals surface area contributed by atoms with Crippen LogP contribution in [0.2, 0.25) is 0 Å². The molecule has 0 aliphatic heterocycles. The first-order valence-electron chi connectivity index (χ1n) is 22.3. The number of fused-ring (bicyclic) bond motifs is 5. The van der Waals surface area contributed by atoms with Crippen molar-refractivity contribution < 1.29 is 14.3 Å². The molecule has 3 fully saturated rings. The minimum Gasteiger partial charge on any atom is -0.459 e. The van der Waals surface area contributed by atoms with Gasteiger partial charge in [-0.1, -0.05) is 150 Å². The van der Waals surface area contributed by atoms with Crippen molar-refractivity contribution in [3.8, 4) is 0 Å². The van der Waals surface area contributed by atoms with Gasteiger partial charge >= 0.3 is 5.97 Å². The number of nitrogens with two attached hydrogens (primary N) is 1. The monoisotopic (exact) mass is 698 g/mol. The molecule has 0 aromatic carbocycles. The highest BCUT2D eigenvalue weighted by Gasteiger charge is 2.59. The second kappa shape index (κ2) is 21.1. The lowest BCUT2D eigenvalue weighted by Crippen LogP contribution is -2.51. The Morgan fingerprint density at radius 2 is 1.48 bits per heavy atom. The van der Waals surface area contributed by atoms with E-state index in [9.17, 15) is 4.79 Å². The number of rotatable bonds is 24. The summed E-state index contributed by atoms with van der Waals surface area (Å²) < 4.78 is 12.3.